The summed E-state index contributed by atoms with van der Waals surface area (Å²) in [5, 5.41) is 27.5. The van der Waals surface area contributed by atoms with Crippen LogP contribution >= 0.6 is 11.3 Å². The van der Waals surface area contributed by atoms with Gasteiger partial charge in [-0.3, -0.25) is 19.5 Å². The van der Waals surface area contributed by atoms with E-state index in [2.05, 4.69) is 44.1 Å². The quantitative estimate of drug-likeness (QED) is 0.224. The fraction of sp³-hybridized carbons (Fsp3) is 0.406. The van der Waals surface area contributed by atoms with Gasteiger partial charge in [0.25, 0.3) is 5.91 Å². The number of hydrogen-bond acceptors (Lipinski definition) is 10. The Morgan fingerprint density at radius 1 is 1.12 bits per heavy atom. The molecule has 1 saturated carbocycles. The molecule has 1 amide bonds. The number of Topliss-reactive ketones (excluding diaryl/α,β-unsaturated/α-hetero) is 1. The normalized spacial score (nSPS) is 23.6. The van der Waals surface area contributed by atoms with Crippen molar-refractivity contribution >= 4 is 45.7 Å². The van der Waals surface area contributed by atoms with E-state index < -0.39 is 18.2 Å². The number of fused-ring (bicyclic) bond motifs is 1. The second-order valence-corrected chi connectivity index (χ2v) is 12.2. The Hall–Kier alpha value is -3.61. The van der Waals surface area contributed by atoms with Crippen LogP contribution in [0, 0.1) is 5.92 Å². The second-order valence-electron chi connectivity index (χ2n) is 11.2. The van der Waals surface area contributed by atoms with Gasteiger partial charge in [0.15, 0.2) is 5.78 Å². The largest absolute Gasteiger partial charge is 0.383 e. The highest BCUT2D eigenvalue weighted by molar-refractivity contribution is 7.12. The predicted molar refractivity (Wildman–Crippen MR) is 169 cm³/mol. The number of nitrogens with zero attached hydrogens (tertiary/aromatic N) is 2. The van der Waals surface area contributed by atoms with Crippen LogP contribution in [-0.2, 0) is 9.53 Å². The number of morpholine rings is 1. The highest BCUT2D eigenvalue weighted by atomic mass is 32.1. The number of ketones is 1. The molecular weight excluding hydrogens is 564 g/mol. The molecule has 3 aromatic rings. The number of para-hydroxylation sites is 1. The molecule has 3 aliphatic rings. The fourth-order valence-electron chi connectivity index (χ4n) is 5.84. The summed E-state index contributed by atoms with van der Waals surface area (Å²) in [6.07, 6.45) is -1.08. The first-order valence-corrected chi connectivity index (χ1v) is 15.7. The SMILES string of the molecule is CC1CN=c2ccccc2=C1CNc1ccsc1C(=O)Nc1cccc(NC2C(O)C(=O)C2NCCN2CCOCC2)c1. The summed E-state index contributed by atoms with van der Waals surface area (Å²) < 4.78 is 5.39. The second kappa shape index (κ2) is 13.4. The van der Waals surface area contributed by atoms with Gasteiger partial charge in [-0.2, -0.15) is 0 Å². The van der Waals surface area contributed by atoms with Crippen molar-refractivity contribution in [2.75, 3.05) is 68.4 Å². The molecule has 226 valence electrons. The van der Waals surface area contributed by atoms with Crippen LogP contribution in [0.15, 0.2) is 65.0 Å². The number of thiophene rings is 1. The van der Waals surface area contributed by atoms with E-state index in [1.165, 1.54) is 16.9 Å². The van der Waals surface area contributed by atoms with Crippen molar-refractivity contribution in [3.63, 3.8) is 0 Å². The lowest BCUT2D eigenvalue weighted by Crippen LogP contribution is -2.70. The highest BCUT2D eigenvalue weighted by Gasteiger charge is 2.48. The molecule has 1 saturated heterocycles. The van der Waals surface area contributed by atoms with Crippen molar-refractivity contribution in [2.24, 2.45) is 10.9 Å². The number of benzene rings is 2. The van der Waals surface area contributed by atoms with Crippen LogP contribution in [0.3, 0.4) is 0 Å². The lowest BCUT2D eigenvalue weighted by Gasteiger charge is -2.41. The molecule has 4 unspecified atom stereocenters. The van der Waals surface area contributed by atoms with Gasteiger partial charge in [-0.15, -0.1) is 11.3 Å². The van der Waals surface area contributed by atoms with E-state index in [-0.39, 0.29) is 11.7 Å². The summed E-state index contributed by atoms with van der Waals surface area (Å²) in [4.78, 5) is 33.3. The first-order valence-electron chi connectivity index (χ1n) is 14.8. The zero-order chi connectivity index (χ0) is 29.8. The third kappa shape index (κ3) is 6.66. The predicted octanol–water partition coefficient (Wildman–Crippen LogP) is 1.55. The van der Waals surface area contributed by atoms with Crippen LogP contribution in [0.5, 0.6) is 0 Å². The standard InChI is InChI=1S/C32H38N6O4S/c1-20-18-34-25-8-3-2-7-23(25)24(20)19-35-26-9-16-43-31(26)32(41)37-22-6-4-5-21(17-22)36-28-27(29(39)30(28)40)33-10-11-38-12-14-42-15-13-38/h2-9,16-17,20,27-28,30,33,35-36,40H,10-15,18-19H2,1H3,(H,37,41). The van der Waals surface area contributed by atoms with Crippen molar-refractivity contribution in [1.29, 1.82) is 0 Å². The zero-order valence-electron chi connectivity index (χ0n) is 24.2. The van der Waals surface area contributed by atoms with Crippen molar-refractivity contribution in [2.45, 2.75) is 25.1 Å². The monoisotopic (exact) mass is 602 g/mol. The number of aliphatic hydroxyl groups excluding tert-OH is 1. The number of hydrogen-bond donors (Lipinski definition) is 5. The summed E-state index contributed by atoms with van der Waals surface area (Å²) in [6.45, 7) is 8.26. The molecule has 2 fully saturated rings. The van der Waals surface area contributed by atoms with Gasteiger partial charge in [-0.25, -0.2) is 0 Å². The number of carbonyl (C=O) groups excluding carboxylic acids is 2. The van der Waals surface area contributed by atoms with E-state index in [4.69, 9.17) is 4.74 Å². The van der Waals surface area contributed by atoms with Crippen molar-refractivity contribution < 1.29 is 19.4 Å². The zero-order valence-corrected chi connectivity index (χ0v) is 25.0. The average Bonchev–Trinajstić information content (AvgIpc) is 3.51. The van der Waals surface area contributed by atoms with Gasteiger partial charge >= 0.3 is 0 Å². The Morgan fingerprint density at radius 2 is 1.93 bits per heavy atom. The Morgan fingerprint density at radius 3 is 2.79 bits per heavy atom. The maximum atomic E-state index is 13.3. The Bertz CT molecular complexity index is 1590. The molecule has 4 atom stereocenters. The molecule has 10 nitrogen and oxygen atoms in total. The number of aliphatic hydroxyl groups is 1. The topological polar surface area (TPSA) is 127 Å². The Balaban J connectivity index is 1.06. The third-order valence-electron chi connectivity index (χ3n) is 8.37. The molecule has 11 heteroatoms. The van der Waals surface area contributed by atoms with Gasteiger partial charge in [-0.1, -0.05) is 31.2 Å². The van der Waals surface area contributed by atoms with Crippen LogP contribution in [0.25, 0.3) is 5.57 Å². The number of nitrogens with one attached hydrogen (secondary N) is 4. The Labute approximate surface area is 254 Å². The van der Waals surface area contributed by atoms with Crippen LogP contribution < -0.4 is 31.8 Å². The molecule has 2 aromatic carbocycles. The van der Waals surface area contributed by atoms with Gasteiger partial charge in [0.1, 0.15) is 11.0 Å². The van der Waals surface area contributed by atoms with E-state index >= 15 is 0 Å². The molecule has 5 N–H and O–H groups in total. The molecule has 2 aliphatic heterocycles. The summed E-state index contributed by atoms with van der Waals surface area (Å²) in [6, 6.07) is 16.5. The highest BCUT2D eigenvalue weighted by Crippen LogP contribution is 2.27. The van der Waals surface area contributed by atoms with Crippen molar-refractivity contribution in [3.05, 3.63) is 75.4 Å². The molecule has 6 rings (SSSR count). The van der Waals surface area contributed by atoms with E-state index in [0.717, 1.165) is 55.7 Å². The minimum Gasteiger partial charge on any atom is -0.383 e. The van der Waals surface area contributed by atoms with Gasteiger partial charge in [0, 0.05) is 55.9 Å². The third-order valence-corrected chi connectivity index (χ3v) is 9.28. The molecule has 3 heterocycles. The summed E-state index contributed by atoms with van der Waals surface area (Å²) >= 11 is 1.39. The minimum absolute atomic E-state index is 0.201. The van der Waals surface area contributed by atoms with E-state index in [9.17, 15) is 14.7 Å². The van der Waals surface area contributed by atoms with Crippen LogP contribution in [0.1, 0.15) is 16.6 Å². The lowest BCUT2D eigenvalue weighted by molar-refractivity contribution is -0.140. The maximum absolute atomic E-state index is 13.3. The lowest BCUT2D eigenvalue weighted by atomic mass is 9.81. The first kappa shape index (κ1) is 29.5. The van der Waals surface area contributed by atoms with E-state index in [1.807, 2.05) is 53.9 Å². The molecular formula is C32H38N6O4S. The van der Waals surface area contributed by atoms with E-state index in [0.29, 0.717) is 35.3 Å². The number of ether oxygens (including phenoxy) is 1. The van der Waals surface area contributed by atoms with Gasteiger partial charge in [-0.05, 0) is 47.2 Å². The summed E-state index contributed by atoms with van der Waals surface area (Å²) in [5.74, 6) is -0.0915. The summed E-state index contributed by atoms with van der Waals surface area (Å²) in [7, 11) is 0. The van der Waals surface area contributed by atoms with Gasteiger partial charge < -0.3 is 31.1 Å². The van der Waals surface area contributed by atoms with Crippen molar-refractivity contribution in [1.82, 2.24) is 10.2 Å². The minimum atomic E-state index is -1.08. The fourth-order valence-corrected chi connectivity index (χ4v) is 6.61. The maximum Gasteiger partial charge on any atom is 0.267 e. The Kier molecular flexibility index (Phi) is 9.15. The molecule has 1 aliphatic carbocycles. The van der Waals surface area contributed by atoms with Crippen molar-refractivity contribution in [3.8, 4) is 0 Å². The van der Waals surface area contributed by atoms with Gasteiger partial charge in [0.05, 0.1) is 36.3 Å². The summed E-state index contributed by atoms with van der Waals surface area (Å²) in [5.41, 5.74) is 3.41. The number of carbonyl (C=O) groups is 2. The molecule has 0 spiro atoms. The molecule has 1 aromatic heterocycles. The molecule has 43 heavy (non-hydrogen) atoms. The van der Waals surface area contributed by atoms with Crippen LogP contribution in [0.2, 0.25) is 0 Å². The number of anilines is 3. The van der Waals surface area contributed by atoms with Gasteiger partial charge in [0.2, 0.25) is 0 Å². The average molecular weight is 603 g/mol. The number of amides is 1. The number of rotatable bonds is 11. The first-order chi connectivity index (χ1) is 21.0. The molecule has 0 radical (unpaired) electrons. The van der Waals surface area contributed by atoms with E-state index in [1.54, 1.807) is 0 Å². The smallest absolute Gasteiger partial charge is 0.267 e. The molecule has 0 bridgehead atoms. The van der Waals surface area contributed by atoms with Crippen LogP contribution in [0.4, 0.5) is 17.1 Å². The van der Waals surface area contributed by atoms with Crippen LogP contribution in [-0.4, -0.2) is 92.4 Å².